The molecule has 116 valence electrons. The Bertz CT molecular complexity index is 502. The van der Waals surface area contributed by atoms with Gasteiger partial charge < -0.3 is 4.74 Å². The number of ether oxygens (including phenoxy) is 1. The molecule has 2 nitrogen and oxygen atoms in total. The second-order valence-corrected chi connectivity index (χ2v) is 6.31. The van der Waals surface area contributed by atoms with Crippen LogP contribution >= 0.6 is 11.8 Å². The molecule has 1 aromatic carbocycles. The fraction of sp³-hybridized carbons (Fsp3) is 0.533. The Balaban J connectivity index is 1.77. The van der Waals surface area contributed by atoms with E-state index in [0.717, 1.165) is 42.9 Å². The van der Waals surface area contributed by atoms with Crippen LogP contribution in [-0.4, -0.2) is 17.5 Å². The van der Waals surface area contributed by atoms with Crippen LogP contribution in [0.1, 0.15) is 31.2 Å². The third kappa shape index (κ3) is 4.66. The molecule has 0 N–H and O–H groups in total. The average molecular weight is 318 g/mol. The van der Waals surface area contributed by atoms with E-state index in [0.29, 0.717) is 5.92 Å². The molecule has 0 aromatic heterocycles. The van der Waals surface area contributed by atoms with E-state index in [-0.39, 0.29) is 18.6 Å². The summed E-state index contributed by atoms with van der Waals surface area (Å²) in [5.41, 5.74) is -0.156. The van der Waals surface area contributed by atoms with E-state index in [4.69, 9.17) is 4.74 Å². The van der Waals surface area contributed by atoms with Crippen molar-refractivity contribution >= 4 is 17.7 Å². The van der Waals surface area contributed by atoms with E-state index in [1.165, 1.54) is 0 Å². The number of halogens is 3. The average Bonchev–Trinajstić information content (AvgIpc) is 2.51. The highest BCUT2D eigenvalue weighted by atomic mass is 32.2. The summed E-state index contributed by atoms with van der Waals surface area (Å²) < 4.78 is 44.1. The number of carbonyl (C=O) groups is 1. The van der Waals surface area contributed by atoms with Crippen LogP contribution in [0.3, 0.4) is 0 Å². The molecule has 6 heteroatoms. The van der Waals surface area contributed by atoms with Crippen LogP contribution in [-0.2, 0) is 16.1 Å². The second-order valence-electron chi connectivity index (χ2n) is 5.09. The molecule has 1 heterocycles. The summed E-state index contributed by atoms with van der Waals surface area (Å²) in [5, 5.41) is 0. The third-order valence-electron chi connectivity index (χ3n) is 3.60. The maximum absolute atomic E-state index is 13.4. The lowest BCUT2D eigenvalue weighted by Gasteiger charge is -2.20. The van der Waals surface area contributed by atoms with Crippen molar-refractivity contribution < 1.29 is 22.7 Å². The number of esters is 1. The summed E-state index contributed by atoms with van der Waals surface area (Å²) in [4.78, 5) is 11.6. The van der Waals surface area contributed by atoms with Crippen molar-refractivity contribution in [2.45, 2.75) is 32.3 Å². The molecule has 0 atom stereocenters. The first kappa shape index (κ1) is 16.2. The molecule has 21 heavy (non-hydrogen) atoms. The molecule has 0 radical (unpaired) electrons. The van der Waals surface area contributed by atoms with E-state index in [9.17, 15) is 18.0 Å². The topological polar surface area (TPSA) is 26.3 Å². The Labute approximate surface area is 126 Å². The van der Waals surface area contributed by atoms with Crippen LogP contribution in [0.4, 0.5) is 13.2 Å². The molecule has 1 saturated heterocycles. The summed E-state index contributed by atoms with van der Waals surface area (Å²) >= 11 is 1.92. The SMILES string of the molecule is O=C(CCC1CCSCC1)OCc1ccc(F)c(F)c1F. The van der Waals surface area contributed by atoms with Crippen molar-refractivity contribution in [2.24, 2.45) is 5.92 Å². The summed E-state index contributed by atoms with van der Waals surface area (Å²) in [6.45, 7) is -0.373. The predicted molar refractivity (Wildman–Crippen MR) is 75.4 cm³/mol. The Morgan fingerprint density at radius 3 is 2.62 bits per heavy atom. The molecular formula is C15H17F3O2S. The summed E-state index contributed by atoms with van der Waals surface area (Å²) in [7, 11) is 0. The highest BCUT2D eigenvalue weighted by Crippen LogP contribution is 2.26. The lowest BCUT2D eigenvalue weighted by molar-refractivity contribution is -0.145. The van der Waals surface area contributed by atoms with E-state index in [1.807, 2.05) is 11.8 Å². The molecule has 0 amide bonds. The van der Waals surface area contributed by atoms with Crippen molar-refractivity contribution in [3.63, 3.8) is 0 Å². The van der Waals surface area contributed by atoms with Crippen LogP contribution in [0.2, 0.25) is 0 Å². The van der Waals surface area contributed by atoms with Gasteiger partial charge in [-0.1, -0.05) is 0 Å². The number of thioether (sulfide) groups is 1. The predicted octanol–water partition coefficient (Wildman–Crippen LogP) is 4.07. The van der Waals surface area contributed by atoms with E-state index < -0.39 is 23.4 Å². The van der Waals surface area contributed by atoms with Gasteiger partial charge in [-0.3, -0.25) is 4.79 Å². The molecule has 0 bridgehead atoms. The van der Waals surface area contributed by atoms with Gasteiger partial charge >= 0.3 is 5.97 Å². The summed E-state index contributed by atoms with van der Waals surface area (Å²) in [6, 6.07) is 1.90. The van der Waals surface area contributed by atoms with Gasteiger partial charge in [0.25, 0.3) is 0 Å². The van der Waals surface area contributed by atoms with E-state index in [2.05, 4.69) is 0 Å². The molecule has 0 spiro atoms. The van der Waals surface area contributed by atoms with Crippen molar-refractivity contribution in [3.05, 3.63) is 35.1 Å². The Hall–Kier alpha value is -1.17. The first-order valence-electron chi connectivity index (χ1n) is 6.93. The van der Waals surface area contributed by atoms with Gasteiger partial charge in [-0.05, 0) is 48.8 Å². The van der Waals surface area contributed by atoms with Crippen molar-refractivity contribution in [1.82, 2.24) is 0 Å². The minimum Gasteiger partial charge on any atom is -0.461 e. The molecule has 2 rings (SSSR count). The van der Waals surface area contributed by atoms with Gasteiger partial charge in [-0.15, -0.1) is 0 Å². The molecule has 1 aliphatic heterocycles. The summed E-state index contributed by atoms with van der Waals surface area (Å²) in [6.07, 6.45) is 3.26. The normalized spacial score (nSPS) is 16.0. The van der Waals surface area contributed by atoms with Gasteiger partial charge in [-0.25, -0.2) is 13.2 Å². The van der Waals surface area contributed by atoms with E-state index in [1.54, 1.807) is 0 Å². The summed E-state index contributed by atoms with van der Waals surface area (Å²) in [5.74, 6) is -1.73. The third-order valence-corrected chi connectivity index (χ3v) is 4.65. The molecule has 1 aliphatic rings. The molecule has 1 aromatic rings. The zero-order valence-corrected chi connectivity index (χ0v) is 12.4. The van der Waals surface area contributed by atoms with Crippen LogP contribution in [0.5, 0.6) is 0 Å². The van der Waals surface area contributed by atoms with Gasteiger partial charge in [0.05, 0.1) is 0 Å². The minimum atomic E-state index is -1.54. The molecular weight excluding hydrogens is 301 g/mol. The lowest BCUT2D eigenvalue weighted by Crippen LogP contribution is -2.13. The fourth-order valence-electron chi connectivity index (χ4n) is 2.26. The maximum Gasteiger partial charge on any atom is 0.306 e. The smallest absolute Gasteiger partial charge is 0.306 e. The highest BCUT2D eigenvalue weighted by molar-refractivity contribution is 7.99. The van der Waals surface area contributed by atoms with Crippen molar-refractivity contribution in [3.8, 4) is 0 Å². The first-order valence-corrected chi connectivity index (χ1v) is 8.09. The second kappa shape index (κ2) is 7.73. The largest absolute Gasteiger partial charge is 0.461 e. The first-order chi connectivity index (χ1) is 10.1. The van der Waals surface area contributed by atoms with Crippen LogP contribution in [0.15, 0.2) is 12.1 Å². The van der Waals surface area contributed by atoms with Gasteiger partial charge in [-0.2, -0.15) is 11.8 Å². The zero-order valence-electron chi connectivity index (χ0n) is 11.5. The Morgan fingerprint density at radius 2 is 1.90 bits per heavy atom. The Morgan fingerprint density at radius 1 is 1.19 bits per heavy atom. The highest BCUT2D eigenvalue weighted by Gasteiger charge is 2.17. The van der Waals surface area contributed by atoms with Gasteiger partial charge in [0, 0.05) is 12.0 Å². The number of rotatable bonds is 5. The Kier molecular flexibility index (Phi) is 5.96. The maximum atomic E-state index is 13.4. The van der Waals surface area contributed by atoms with Crippen LogP contribution < -0.4 is 0 Å². The van der Waals surface area contributed by atoms with Gasteiger partial charge in [0.2, 0.25) is 0 Å². The van der Waals surface area contributed by atoms with Gasteiger partial charge in [0.1, 0.15) is 6.61 Å². The molecule has 0 aliphatic carbocycles. The number of hydrogen-bond donors (Lipinski definition) is 0. The lowest BCUT2D eigenvalue weighted by atomic mass is 9.97. The quantitative estimate of drug-likeness (QED) is 0.605. The van der Waals surface area contributed by atoms with E-state index >= 15 is 0 Å². The molecule has 0 unspecified atom stereocenters. The monoisotopic (exact) mass is 318 g/mol. The van der Waals surface area contributed by atoms with Crippen molar-refractivity contribution in [1.29, 1.82) is 0 Å². The van der Waals surface area contributed by atoms with Crippen LogP contribution in [0.25, 0.3) is 0 Å². The molecule has 1 fully saturated rings. The molecule has 0 saturated carbocycles. The number of carbonyl (C=O) groups excluding carboxylic acids is 1. The standard InChI is InChI=1S/C15H17F3O2S/c16-12-3-2-11(14(17)15(12)18)9-20-13(19)4-1-10-5-7-21-8-6-10/h2-3,10H,1,4-9H2. The minimum absolute atomic E-state index is 0.156. The van der Waals surface area contributed by atoms with Crippen molar-refractivity contribution in [2.75, 3.05) is 11.5 Å². The fourth-order valence-corrected chi connectivity index (χ4v) is 3.47. The number of hydrogen-bond acceptors (Lipinski definition) is 3. The zero-order chi connectivity index (χ0) is 15.2. The van der Waals surface area contributed by atoms with Gasteiger partial charge in [0.15, 0.2) is 17.5 Å². The van der Waals surface area contributed by atoms with Crippen LogP contribution in [0, 0.1) is 23.4 Å². The number of benzene rings is 1.